The van der Waals surface area contributed by atoms with Gasteiger partial charge in [0.2, 0.25) is 11.8 Å². The minimum Gasteiger partial charge on any atom is -0.444 e. The van der Waals surface area contributed by atoms with Crippen LogP contribution in [-0.4, -0.2) is 90.2 Å². The van der Waals surface area contributed by atoms with E-state index in [2.05, 4.69) is 26.3 Å². The van der Waals surface area contributed by atoms with Crippen molar-refractivity contribution in [3.63, 3.8) is 0 Å². The third kappa shape index (κ3) is 12.7. The van der Waals surface area contributed by atoms with Crippen molar-refractivity contribution >= 4 is 40.5 Å². The molecule has 12 nitrogen and oxygen atoms in total. The summed E-state index contributed by atoms with van der Waals surface area (Å²) in [6.07, 6.45) is -3.14. The first-order valence-electron chi connectivity index (χ1n) is 20.3. The number of H-pyrrole nitrogens is 1. The maximum absolute atomic E-state index is 14.0. The lowest BCUT2D eigenvalue weighted by atomic mass is 9.81. The van der Waals surface area contributed by atoms with Crippen molar-refractivity contribution in [2.75, 3.05) is 39.0 Å². The number of anilines is 1. The zero-order valence-electron chi connectivity index (χ0n) is 35.2. The van der Waals surface area contributed by atoms with E-state index in [1.807, 2.05) is 67.3 Å². The molecular formula is C44H54F5N7O5. The van der Waals surface area contributed by atoms with E-state index in [-0.39, 0.29) is 40.9 Å². The summed E-state index contributed by atoms with van der Waals surface area (Å²) < 4.78 is 72.5. The quantitative estimate of drug-likeness (QED) is 0.0602. The second kappa shape index (κ2) is 19.4. The molecule has 0 aliphatic heterocycles. The molecule has 330 valence electrons. The fraction of sp³-hybridized carbons (Fsp3) is 0.477. The van der Waals surface area contributed by atoms with Crippen LogP contribution in [0.25, 0.3) is 22.2 Å². The number of benzene rings is 3. The number of alkyl halides is 5. The summed E-state index contributed by atoms with van der Waals surface area (Å²) in [4.78, 5) is 60.0. The zero-order chi connectivity index (χ0) is 44.7. The summed E-state index contributed by atoms with van der Waals surface area (Å²) in [5.74, 6) is -8.21. The van der Waals surface area contributed by atoms with Crippen molar-refractivity contribution in [3.8, 4) is 11.1 Å². The number of imidazole rings is 1. The molecule has 5 N–H and O–H groups in total. The number of hydrogen-bond donors (Lipinski definition) is 5. The molecule has 1 heterocycles. The van der Waals surface area contributed by atoms with Crippen molar-refractivity contribution in [2.45, 2.75) is 90.0 Å². The number of carbonyl (C=O) groups excluding carboxylic acids is 4. The molecule has 1 aliphatic carbocycles. The van der Waals surface area contributed by atoms with Crippen LogP contribution in [0.1, 0.15) is 80.2 Å². The van der Waals surface area contributed by atoms with Crippen LogP contribution >= 0.6 is 0 Å². The lowest BCUT2D eigenvalue weighted by molar-refractivity contribution is -0.292. The highest BCUT2D eigenvalue weighted by Gasteiger charge is 2.61. The van der Waals surface area contributed by atoms with Crippen molar-refractivity contribution in [2.24, 2.45) is 11.8 Å². The van der Waals surface area contributed by atoms with Crippen molar-refractivity contribution in [3.05, 3.63) is 83.2 Å². The Kier molecular flexibility index (Phi) is 14.8. The van der Waals surface area contributed by atoms with Gasteiger partial charge in [0.05, 0.1) is 11.0 Å². The molecule has 1 atom stereocenters. The van der Waals surface area contributed by atoms with Crippen LogP contribution in [0.3, 0.4) is 0 Å². The standard InChI is InChI=1S/C44H54F5N7O5/c1-26-22-31(37(57)50-20-7-21-56(5)6)16-18-33(26)29-12-8-27(9-13-29)23-36(53-38(58)30-14-10-28(11-15-30)25-51-41(60)61-42(2,3)4)39(59)52-32-17-19-34-35(24-32)55-40(54-34)43(45,46)44(47,48)49/h8-9,12-13,16-19,22,24,28,30,36H,7,10-11,14-15,20-21,23,25H2,1-6H3,(H,50,57)(H,51,60)(H,52,59)(H,53,58)(H,54,55)/t28-,30-,36-/m0/s1. The van der Waals surface area contributed by atoms with E-state index in [0.29, 0.717) is 49.9 Å². The Morgan fingerprint density at radius 3 is 2.21 bits per heavy atom. The Hall–Kier alpha value is -5.58. The van der Waals surface area contributed by atoms with Crippen molar-refractivity contribution in [1.29, 1.82) is 0 Å². The number of aromatic nitrogens is 2. The molecule has 5 rings (SSSR count). The third-order valence-electron chi connectivity index (χ3n) is 10.4. The molecule has 4 aromatic rings. The Bertz CT molecular complexity index is 2180. The van der Waals surface area contributed by atoms with E-state index in [9.17, 15) is 41.1 Å². The fourth-order valence-electron chi connectivity index (χ4n) is 7.15. The Morgan fingerprint density at radius 1 is 0.902 bits per heavy atom. The van der Waals surface area contributed by atoms with Gasteiger partial charge in [-0.1, -0.05) is 30.3 Å². The average Bonchev–Trinajstić information content (AvgIpc) is 3.62. The highest BCUT2D eigenvalue weighted by molar-refractivity contribution is 5.99. The number of carbonyl (C=O) groups is 4. The third-order valence-corrected chi connectivity index (χ3v) is 10.4. The number of aromatic amines is 1. The van der Waals surface area contributed by atoms with Crippen LogP contribution < -0.4 is 21.3 Å². The van der Waals surface area contributed by atoms with E-state index in [4.69, 9.17) is 4.74 Å². The van der Waals surface area contributed by atoms with Gasteiger partial charge in [-0.25, -0.2) is 9.78 Å². The lowest BCUT2D eigenvalue weighted by Gasteiger charge is -2.29. The van der Waals surface area contributed by atoms with Gasteiger partial charge in [0, 0.05) is 36.7 Å². The van der Waals surface area contributed by atoms with E-state index in [1.165, 1.54) is 18.2 Å². The SMILES string of the molecule is Cc1cc(C(=O)NCCCN(C)C)ccc1-c1ccc(C[C@H](NC(=O)[C@H]2CC[C@H](CNC(=O)OC(C)(C)C)CC2)C(=O)Nc2ccc3[nH]c(C(F)(F)C(F)(F)F)nc3c2)cc1. The zero-order valence-corrected chi connectivity index (χ0v) is 35.2. The number of aryl methyl sites for hydroxylation is 1. The Morgan fingerprint density at radius 2 is 1.59 bits per heavy atom. The predicted octanol–water partition coefficient (Wildman–Crippen LogP) is 7.87. The molecule has 1 saturated carbocycles. The average molecular weight is 856 g/mol. The van der Waals surface area contributed by atoms with Crippen LogP contribution in [0, 0.1) is 18.8 Å². The monoisotopic (exact) mass is 855 g/mol. The summed E-state index contributed by atoms with van der Waals surface area (Å²) in [6, 6.07) is 15.5. The highest BCUT2D eigenvalue weighted by Crippen LogP contribution is 2.43. The number of halogens is 5. The summed E-state index contributed by atoms with van der Waals surface area (Å²) in [5, 5.41) is 11.3. The minimum absolute atomic E-state index is 0.0610. The van der Waals surface area contributed by atoms with Crippen LogP contribution in [-0.2, 0) is 26.7 Å². The number of rotatable bonds is 15. The topological polar surface area (TPSA) is 158 Å². The predicted molar refractivity (Wildman–Crippen MR) is 222 cm³/mol. The number of fused-ring (bicyclic) bond motifs is 1. The molecular weight excluding hydrogens is 802 g/mol. The minimum atomic E-state index is -5.87. The summed E-state index contributed by atoms with van der Waals surface area (Å²) >= 11 is 0. The number of hydrogen-bond acceptors (Lipinski definition) is 7. The molecule has 3 aromatic carbocycles. The summed E-state index contributed by atoms with van der Waals surface area (Å²) in [6.45, 7) is 9.05. The Labute approximate surface area is 351 Å². The van der Waals surface area contributed by atoms with Gasteiger partial charge in [-0.15, -0.1) is 0 Å². The fourth-order valence-corrected chi connectivity index (χ4v) is 7.15. The normalized spacial score (nSPS) is 16.5. The van der Waals surface area contributed by atoms with Gasteiger partial charge in [-0.3, -0.25) is 14.4 Å². The molecule has 0 radical (unpaired) electrons. The van der Waals surface area contributed by atoms with Crippen LogP contribution in [0.2, 0.25) is 0 Å². The molecule has 4 amide bonds. The highest BCUT2D eigenvalue weighted by atomic mass is 19.4. The van der Waals surface area contributed by atoms with E-state index in [1.54, 1.807) is 26.8 Å². The maximum Gasteiger partial charge on any atom is 0.461 e. The number of nitrogens with zero attached hydrogens (tertiary/aromatic N) is 2. The van der Waals surface area contributed by atoms with Gasteiger partial charge >= 0.3 is 18.2 Å². The number of amides is 4. The number of ether oxygens (including phenoxy) is 1. The first-order chi connectivity index (χ1) is 28.6. The van der Waals surface area contributed by atoms with Crippen LogP contribution in [0.4, 0.5) is 32.4 Å². The molecule has 17 heteroatoms. The van der Waals surface area contributed by atoms with Gasteiger partial charge in [0.25, 0.3) is 5.91 Å². The Balaban J connectivity index is 1.29. The van der Waals surface area contributed by atoms with Gasteiger partial charge < -0.3 is 35.9 Å². The van der Waals surface area contributed by atoms with E-state index >= 15 is 0 Å². The van der Waals surface area contributed by atoms with Gasteiger partial charge in [0.1, 0.15) is 11.6 Å². The maximum atomic E-state index is 14.0. The molecule has 61 heavy (non-hydrogen) atoms. The van der Waals surface area contributed by atoms with Gasteiger partial charge in [-0.2, -0.15) is 22.0 Å². The van der Waals surface area contributed by atoms with Crippen molar-refractivity contribution < 1.29 is 45.9 Å². The molecule has 0 bridgehead atoms. The second-order valence-corrected chi connectivity index (χ2v) is 16.9. The molecule has 1 fully saturated rings. The lowest BCUT2D eigenvalue weighted by Crippen LogP contribution is -2.48. The van der Waals surface area contributed by atoms with Crippen LogP contribution in [0.5, 0.6) is 0 Å². The van der Waals surface area contributed by atoms with Gasteiger partial charge in [0.15, 0.2) is 5.82 Å². The number of alkyl carbamates (subject to hydrolysis) is 1. The molecule has 0 saturated heterocycles. The molecule has 1 aromatic heterocycles. The molecule has 1 aliphatic rings. The van der Waals surface area contributed by atoms with Crippen molar-refractivity contribution in [1.82, 2.24) is 30.8 Å². The van der Waals surface area contributed by atoms with E-state index in [0.717, 1.165) is 29.7 Å². The largest absolute Gasteiger partial charge is 0.461 e. The molecule has 0 spiro atoms. The molecule has 0 unspecified atom stereocenters. The first-order valence-corrected chi connectivity index (χ1v) is 20.3. The summed E-state index contributed by atoms with van der Waals surface area (Å²) in [7, 11) is 3.95. The smallest absolute Gasteiger partial charge is 0.444 e. The van der Waals surface area contributed by atoms with Gasteiger partial charge in [-0.05, 0) is 139 Å². The second-order valence-electron chi connectivity index (χ2n) is 16.9. The van der Waals surface area contributed by atoms with E-state index < -0.39 is 47.5 Å². The first kappa shape index (κ1) is 46.5. The van der Waals surface area contributed by atoms with Crippen LogP contribution in [0.15, 0.2) is 60.7 Å². The summed E-state index contributed by atoms with van der Waals surface area (Å²) in [5.41, 5.74) is 3.02. The number of nitrogens with one attached hydrogen (secondary N) is 5.